The molecule has 0 aliphatic carbocycles. The fraction of sp³-hybridized carbons (Fsp3) is 0.0417. The molecule has 0 fully saturated rings. The Morgan fingerprint density at radius 1 is 0.938 bits per heavy atom. The van der Waals surface area contributed by atoms with Gasteiger partial charge in [0.2, 0.25) is 0 Å². The molecule has 0 spiro atoms. The molecule has 6 nitrogen and oxygen atoms in total. The standard InChI is InChI=1S/C24H19Cl2N3O3/c1-32-19-12-10-16(11-13-19)14-21(28-23(30)17-6-3-2-4-7-17)24(31)29-27-15-18-8-5-9-20(25)22(18)26/h2-15H,1H3,(H,28,30)(H,29,31)/b21-14+,27-15+. The number of methoxy groups -OCH3 is 1. The molecule has 162 valence electrons. The maximum Gasteiger partial charge on any atom is 0.287 e. The predicted octanol–water partition coefficient (Wildman–Crippen LogP) is 4.92. The Balaban J connectivity index is 1.82. The van der Waals surface area contributed by atoms with E-state index in [1.165, 1.54) is 12.3 Å². The number of halogens is 2. The van der Waals surface area contributed by atoms with Crippen LogP contribution in [-0.4, -0.2) is 25.1 Å². The third kappa shape index (κ3) is 6.20. The summed E-state index contributed by atoms with van der Waals surface area (Å²) in [6.07, 6.45) is 2.91. The summed E-state index contributed by atoms with van der Waals surface area (Å²) < 4.78 is 5.15. The Bertz CT molecular complexity index is 1160. The van der Waals surface area contributed by atoms with Gasteiger partial charge in [-0.3, -0.25) is 9.59 Å². The minimum Gasteiger partial charge on any atom is -0.497 e. The highest BCUT2D eigenvalue weighted by atomic mass is 35.5. The molecular weight excluding hydrogens is 449 g/mol. The number of nitrogens with zero attached hydrogens (tertiary/aromatic N) is 1. The van der Waals surface area contributed by atoms with Crippen LogP contribution in [0.1, 0.15) is 21.5 Å². The molecule has 0 aromatic heterocycles. The molecule has 3 rings (SSSR count). The monoisotopic (exact) mass is 467 g/mol. The number of ether oxygens (including phenoxy) is 1. The molecule has 32 heavy (non-hydrogen) atoms. The zero-order valence-corrected chi connectivity index (χ0v) is 18.5. The highest BCUT2D eigenvalue weighted by molar-refractivity contribution is 6.43. The zero-order valence-electron chi connectivity index (χ0n) is 17.0. The predicted molar refractivity (Wildman–Crippen MR) is 127 cm³/mol. The van der Waals surface area contributed by atoms with Gasteiger partial charge in [-0.25, -0.2) is 5.43 Å². The van der Waals surface area contributed by atoms with Crippen LogP contribution in [0.2, 0.25) is 10.0 Å². The van der Waals surface area contributed by atoms with Crippen molar-refractivity contribution in [2.75, 3.05) is 7.11 Å². The molecule has 0 unspecified atom stereocenters. The van der Waals surface area contributed by atoms with Crippen molar-refractivity contribution in [3.63, 3.8) is 0 Å². The van der Waals surface area contributed by atoms with Gasteiger partial charge in [0.05, 0.1) is 23.4 Å². The summed E-state index contributed by atoms with van der Waals surface area (Å²) in [6.45, 7) is 0. The van der Waals surface area contributed by atoms with Gasteiger partial charge in [0.15, 0.2) is 0 Å². The molecule has 0 heterocycles. The van der Waals surface area contributed by atoms with E-state index in [4.69, 9.17) is 27.9 Å². The van der Waals surface area contributed by atoms with E-state index >= 15 is 0 Å². The van der Waals surface area contributed by atoms with Crippen molar-refractivity contribution in [1.29, 1.82) is 0 Å². The topological polar surface area (TPSA) is 79.8 Å². The van der Waals surface area contributed by atoms with Crippen LogP contribution in [0, 0.1) is 0 Å². The van der Waals surface area contributed by atoms with Gasteiger partial charge in [0, 0.05) is 11.1 Å². The quantitative estimate of drug-likeness (QED) is 0.294. The van der Waals surface area contributed by atoms with Gasteiger partial charge in [-0.15, -0.1) is 0 Å². The molecule has 2 amide bonds. The van der Waals surface area contributed by atoms with Crippen LogP contribution in [0.5, 0.6) is 5.75 Å². The van der Waals surface area contributed by atoms with Crippen molar-refractivity contribution in [1.82, 2.24) is 10.7 Å². The number of hydrazone groups is 1. The van der Waals surface area contributed by atoms with Crippen LogP contribution in [0.3, 0.4) is 0 Å². The minimum atomic E-state index is -0.612. The van der Waals surface area contributed by atoms with Crippen molar-refractivity contribution in [3.8, 4) is 5.75 Å². The summed E-state index contributed by atoms with van der Waals surface area (Å²) >= 11 is 12.1. The number of rotatable bonds is 7. The van der Waals surface area contributed by atoms with Crippen molar-refractivity contribution in [2.45, 2.75) is 0 Å². The number of hydrogen-bond acceptors (Lipinski definition) is 4. The molecule has 0 aliphatic rings. The SMILES string of the molecule is COc1ccc(/C=C(/NC(=O)c2ccccc2)C(=O)N/N=C/c2cccc(Cl)c2Cl)cc1. The van der Waals surface area contributed by atoms with Crippen molar-refractivity contribution in [3.05, 3.63) is 105 Å². The van der Waals surface area contributed by atoms with Crippen LogP contribution in [0.15, 0.2) is 83.6 Å². The zero-order chi connectivity index (χ0) is 22.9. The molecule has 0 radical (unpaired) electrons. The van der Waals surface area contributed by atoms with Crippen molar-refractivity contribution < 1.29 is 14.3 Å². The number of amides is 2. The van der Waals surface area contributed by atoms with E-state index in [0.717, 1.165) is 0 Å². The summed E-state index contributed by atoms with van der Waals surface area (Å²) in [7, 11) is 1.56. The highest BCUT2D eigenvalue weighted by Crippen LogP contribution is 2.24. The largest absolute Gasteiger partial charge is 0.497 e. The molecule has 0 atom stereocenters. The summed E-state index contributed by atoms with van der Waals surface area (Å²) in [6, 6.07) is 20.7. The van der Waals surface area contributed by atoms with Gasteiger partial charge in [-0.05, 0) is 42.0 Å². The van der Waals surface area contributed by atoms with Crippen molar-refractivity contribution >= 4 is 47.3 Å². The van der Waals surface area contributed by atoms with Gasteiger partial charge in [-0.1, -0.05) is 65.7 Å². The number of carbonyl (C=O) groups is 2. The molecule has 3 aromatic carbocycles. The minimum absolute atomic E-state index is 0.0124. The highest BCUT2D eigenvalue weighted by Gasteiger charge is 2.14. The van der Waals surface area contributed by atoms with Gasteiger partial charge < -0.3 is 10.1 Å². The van der Waals surface area contributed by atoms with Crippen molar-refractivity contribution in [2.24, 2.45) is 5.10 Å². The first kappa shape index (κ1) is 23.1. The first-order valence-corrected chi connectivity index (χ1v) is 10.2. The van der Waals surface area contributed by atoms with Gasteiger partial charge >= 0.3 is 0 Å². The smallest absolute Gasteiger partial charge is 0.287 e. The lowest BCUT2D eigenvalue weighted by Gasteiger charge is -2.09. The Morgan fingerprint density at radius 2 is 1.66 bits per heavy atom. The molecule has 0 aliphatic heterocycles. The Morgan fingerprint density at radius 3 is 2.34 bits per heavy atom. The van der Waals surface area contributed by atoms with Crippen LogP contribution in [0.25, 0.3) is 6.08 Å². The molecule has 0 bridgehead atoms. The van der Waals surface area contributed by atoms with E-state index < -0.39 is 11.8 Å². The number of nitrogens with one attached hydrogen (secondary N) is 2. The van der Waals surface area contributed by atoms with E-state index in [2.05, 4.69) is 15.8 Å². The van der Waals surface area contributed by atoms with E-state index in [1.807, 2.05) is 0 Å². The van der Waals surface area contributed by atoms with E-state index in [0.29, 0.717) is 32.5 Å². The maximum absolute atomic E-state index is 12.8. The second-order valence-electron chi connectivity index (χ2n) is 6.49. The van der Waals surface area contributed by atoms with Gasteiger partial charge in [0.1, 0.15) is 11.4 Å². The van der Waals surface area contributed by atoms with E-state index in [1.54, 1.807) is 79.9 Å². The van der Waals surface area contributed by atoms with Gasteiger partial charge in [-0.2, -0.15) is 5.10 Å². The Kier molecular flexibility index (Phi) is 8.02. The second-order valence-corrected chi connectivity index (χ2v) is 7.28. The average molecular weight is 468 g/mol. The lowest BCUT2D eigenvalue weighted by atomic mass is 10.1. The van der Waals surface area contributed by atoms with Gasteiger partial charge in [0.25, 0.3) is 11.8 Å². The summed E-state index contributed by atoms with van der Waals surface area (Å²) in [5.74, 6) is -0.369. The third-order valence-electron chi connectivity index (χ3n) is 4.31. The summed E-state index contributed by atoms with van der Waals surface area (Å²) in [5, 5.41) is 7.26. The van der Waals surface area contributed by atoms with E-state index in [9.17, 15) is 9.59 Å². The fourth-order valence-corrected chi connectivity index (χ4v) is 3.01. The number of benzene rings is 3. The molecule has 0 saturated carbocycles. The average Bonchev–Trinajstić information content (AvgIpc) is 2.82. The van der Waals surface area contributed by atoms with Crippen LogP contribution in [-0.2, 0) is 4.79 Å². The van der Waals surface area contributed by atoms with Crippen LogP contribution in [0.4, 0.5) is 0 Å². The normalized spacial score (nSPS) is 11.3. The number of carbonyl (C=O) groups excluding carboxylic acids is 2. The summed E-state index contributed by atoms with van der Waals surface area (Å²) in [5.41, 5.74) is 4.05. The molecule has 3 aromatic rings. The molecule has 0 saturated heterocycles. The summed E-state index contributed by atoms with van der Waals surface area (Å²) in [4.78, 5) is 25.4. The first-order valence-electron chi connectivity index (χ1n) is 9.47. The number of hydrogen-bond donors (Lipinski definition) is 2. The third-order valence-corrected chi connectivity index (χ3v) is 5.14. The first-order chi connectivity index (χ1) is 15.5. The maximum atomic E-state index is 12.8. The molecule has 2 N–H and O–H groups in total. The molecule has 8 heteroatoms. The fourth-order valence-electron chi connectivity index (χ4n) is 2.65. The van der Waals surface area contributed by atoms with Crippen LogP contribution >= 0.6 is 23.2 Å². The second kappa shape index (κ2) is 11.1. The Hall–Kier alpha value is -3.61. The molecular formula is C24H19Cl2N3O3. The van der Waals surface area contributed by atoms with E-state index in [-0.39, 0.29) is 5.70 Å². The van der Waals surface area contributed by atoms with Crippen LogP contribution < -0.4 is 15.5 Å². The lowest BCUT2D eigenvalue weighted by molar-refractivity contribution is -0.117. The Labute approximate surface area is 195 Å². The lowest BCUT2D eigenvalue weighted by Crippen LogP contribution is -2.32.